The number of nitrogens with zero attached hydrogens (tertiary/aromatic N) is 1. The molecule has 1 fully saturated rings. The Hall–Kier alpha value is -1.18. The van der Waals surface area contributed by atoms with E-state index < -0.39 is 0 Å². The maximum Gasteiger partial charge on any atom is 0.0609 e. The van der Waals surface area contributed by atoms with Gasteiger partial charge >= 0.3 is 0 Å². The summed E-state index contributed by atoms with van der Waals surface area (Å²) in [5.41, 5.74) is 3.08. The third-order valence-electron chi connectivity index (χ3n) is 4.33. The van der Waals surface area contributed by atoms with Crippen LogP contribution in [0.5, 0.6) is 0 Å². The maximum absolute atomic E-state index is 3.64. The average molecular weight is 230 g/mol. The van der Waals surface area contributed by atoms with Crippen molar-refractivity contribution in [3.8, 4) is 0 Å². The van der Waals surface area contributed by atoms with Gasteiger partial charge in [0, 0.05) is 12.6 Å². The molecule has 1 aromatic rings. The van der Waals surface area contributed by atoms with E-state index >= 15 is 0 Å². The van der Waals surface area contributed by atoms with Gasteiger partial charge in [-0.2, -0.15) is 0 Å². The summed E-state index contributed by atoms with van der Waals surface area (Å²) >= 11 is 0. The molecule has 0 aromatic heterocycles. The lowest BCUT2D eigenvalue weighted by molar-refractivity contribution is 0.381. The van der Waals surface area contributed by atoms with Gasteiger partial charge in [-0.1, -0.05) is 25.0 Å². The first-order valence-corrected chi connectivity index (χ1v) is 6.85. The lowest BCUT2D eigenvalue weighted by Crippen LogP contribution is -2.57. The molecule has 0 bridgehead atoms. The van der Waals surface area contributed by atoms with Crippen molar-refractivity contribution in [1.82, 2.24) is 0 Å². The average Bonchev–Trinajstić information content (AvgIpc) is 2.77. The molecule has 2 heteroatoms. The van der Waals surface area contributed by atoms with Gasteiger partial charge in [0.05, 0.1) is 16.9 Å². The van der Waals surface area contributed by atoms with Crippen LogP contribution in [0.25, 0.3) is 0 Å². The quantitative estimate of drug-likeness (QED) is 0.792. The van der Waals surface area contributed by atoms with Crippen LogP contribution in [0.4, 0.5) is 11.4 Å². The van der Waals surface area contributed by atoms with Crippen molar-refractivity contribution in [2.75, 3.05) is 16.8 Å². The summed E-state index contributed by atoms with van der Waals surface area (Å²) in [5.74, 6) is 0. The van der Waals surface area contributed by atoms with Gasteiger partial charge in [-0.15, -0.1) is 0 Å². The first kappa shape index (κ1) is 10.9. The number of fused-ring (bicyclic) bond motifs is 1. The number of rotatable bonds is 1. The van der Waals surface area contributed by atoms with E-state index in [1.165, 1.54) is 37.1 Å². The zero-order valence-corrected chi connectivity index (χ0v) is 10.9. The topological polar surface area (TPSA) is 15.3 Å². The Labute approximate surface area is 104 Å². The minimum absolute atomic E-state index is 0.377. The van der Waals surface area contributed by atoms with E-state index in [1.54, 1.807) is 0 Å². The molecular formula is C15H22N2. The fraction of sp³-hybridized carbons (Fsp3) is 0.600. The molecule has 0 amide bonds. The summed E-state index contributed by atoms with van der Waals surface area (Å²) in [4.78, 5) is 2.67. The minimum atomic E-state index is 0.377. The van der Waals surface area contributed by atoms with Crippen LogP contribution < -0.4 is 10.2 Å². The summed E-state index contributed by atoms with van der Waals surface area (Å²) in [5, 5.41) is 3.64. The van der Waals surface area contributed by atoms with Crippen molar-refractivity contribution < 1.29 is 0 Å². The van der Waals surface area contributed by atoms with E-state index in [2.05, 4.69) is 48.3 Å². The molecule has 92 valence electrons. The molecule has 0 atom stereocenters. The van der Waals surface area contributed by atoms with Crippen molar-refractivity contribution in [3.63, 3.8) is 0 Å². The molecule has 3 rings (SSSR count). The number of para-hydroxylation sites is 2. The van der Waals surface area contributed by atoms with Crippen molar-refractivity contribution in [3.05, 3.63) is 24.3 Å². The second-order valence-electron chi connectivity index (χ2n) is 5.77. The predicted octanol–water partition coefficient (Wildman–Crippen LogP) is 3.64. The van der Waals surface area contributed by atoms with Crippen LogP contribution in [-0.2, 0) is 0 Å². The number of anilines is 2. The fourth-order valence-electron chi connectivity index (χ4n) is 3.71. The Balaban J connectivity index is 2.06. The van der Waals surface area contributed by atoms with Crippen molar-refractivity contribution >= 4 is 11.4 Å². The molecular weight excluding hydrogens is 208 g/mol. The first-order chi connectivity index (χ1) is 8.23. The smallest absolute Gasteiger partial charge is 0.0609 e. The van der Waals surface area contributed by atoms with E-state index in [-0.39, 0.29) is 0 Å². The van der Waals surface area contributed by atoms with Crippen LogP contribution in [0.3, 0.4) is 0 Å². The summed E-state index contributed by atoms with van der Waals surface area (Å²) in [6.07, 6.45) is 5.44. The lowest BCUT2D eigenvalue weighted by Gasteiger charge is -2.50. The zero-order chi connectivity index (χ0) is 11.9. The Bertz CT molecular complexity index is 405. The fourth-order valence-corrected chi connectivity index (χ4v) is 3.71. The predicted molar refractivity (Wildman–Crippen MR) is 73.7 cm³/mol. The molecule has 1 saturated carbocycles. The van der Waals surface area contributed by atoms with E-state index in [0.29, 0.717) is 11.6 Å². The van der Waals surface area contributed by atoms with Crippen LogP contribution in [0.15, 0.2) is 24.3 Å². The van der Waals surface area contributed by atoms with Gasteiger partial charge in [0.15, 0.2) is 0 Å². The lowest BCUT2D eigenvalue weighted by atomic mass is 9.89. The summed E-state index contributed by atoms with van der Waals surface area (Å²) in [6.45, 7) is 5.76. The molecule has 1 aliphatic carbocycles. The third-order valence-corrected chi connectivity index (χ3v) is 4.33. The van der Waals surface area contributed by atoms with Crippen molar-refractivity contribution in [2.45, 2.75) is 51.1 Å². The second-order valence-corrected chi connectivity index (χ2v) is 5.77. The maximum atomic E-state index is 3.64. The molecule has 0 radical (unpaired) electrons. The molecule has 1 heterocycles. The van der Waals surface area contributed by atoms with Gasteiger partial charge in [0.1, 0.15) is 0 Å². The van der Waals surface area contributed by atoms with Gasteiger partial charge < -0.3 is 10.2 Å². The molecule has 1 spiro atoms. The SMILES string of the molecule is CC(C)N1c2ccccc2NCC12CCCC2. The molecule has 1 aliphatic heterocycles. The van der Waals surface area contributed by atoms with Crippen LogP contribution in [-0.4, -0.2) is 18.1 Å². The van der Waals surface area contributed by atoms with Gasteiger partial charge in [0.25, 0.3) is 0 Å². The first-order valence-electron chi connectivity index (χ1n) is 6.85. The van der Waals surface area contributed by atoms with E-state index in [0.717, 1.165) is 6.54 Å². The van der Waals surface area contributed by atoms with Crippen LogP contribution in [0.2, 0.25) is 0 Å². The second kappa shape index (κ2) is 3.94. The summed E-state index contributed by atoms with van der Waals surface area (Å²) in [7, 11) is 0. The van der Waals surface area contributed by atoms with Gasteiger partial charge in [-0.05, 0) is 38.8 Å². The Morgan fingerprint density at radius 2 is 1.88 bits per heavy atom. The summed E-state index contributed by atoms with van der Waals surface area (Å²) in [6, 6.07) is 9.32. The monoisotopic (exact) mass is 230 g/mol. The Morgan fingerprint density at radius 3 is 2.59 bits per heavy atom. The van der Waals surface area contributed by atoms with Crippen LogP contribution in [0, 0.1) is 0 Å². The molecule has 0 saturated heterocycles. The number of nitrogens with one attached hydrogen (secondary N) is 1. The normalized spacial score (nSPS) is 21.7. The number of benzene rings is 1. The zero-order valence-electron chi connectivity index (χ0n) is 10.9. The molecule has 17 heavy (non-hydrogen) atoms. The molecule has 2 aliphatic rings. The van der Waals surface area contributed by atoms with Gasteiger partial charge in [-0.3, -0.25) is 0 Å². The Morgan fingerprint density at radius 1 is 1.18 bits per heavy atom. The molecule has 0 unspecified atom stereocenters. The van der Waals surface area contributed by atoms with E-state index in [1.807, 2.05) is 0 Å². The molecule has 1 aromatic carbocycles. The number of hydrogen-bond acceptors (Lipinski definition) is 2. The molecule has 1 N–H and O–H groups in total. The van der Waals surface area contributed by atoms with E-state index in [4.69, 9.17) is 0 Å². The largest absolute Gasteiger partial charge is 0.381 e. The highest BCUT2D eigenvalue weighted by atomic mass is 15.3. The minimum Gasteiger partial charge on any atom is -0.381 e. The van der Waals surface area contributed by atoms with Crippen molar-refractivity contribution in [1.29, 1.82) is 0 Å². The summed E-state index contributed by atoms with van der Waals surface area (Å²) < 4.78 is 0. The Kier molecular flexibility index (Phi) is 2.53. The van der Waals surface area contributed by atoms with Crippen LogP contribution in [0.1, 0.15) is 39.5 Å². The third kappa shape index (κ3) is 1.62. The highest BCUT2D eigenvalue weighted by molar-refractivity contribution is 5.74. The number of hydrogen-bond donors (Lipinski definition) is 1. The standard InChI is InChI=1S/C15H22N2/c1-12(2)17-14-8-4-3-7-13(14)16-11-15(17)9-5-6-10-15/h3-4,7-8,12,16H,5-6,9-11H2,1-2H3. The highest BCUT2D eigenvalue weighted by Crippen LogP contribution is 2.45. The van der Waals surface area contributed by atoms with Crippen molar-refractivity contribution in [2.24, 2.45) is 0 Å². The van der Waals surface area contributed by atoms with Crippen LogP contribution >= 0.6 is 0 Å². The van der Waals surface area contributed by atoms with Gasteiger partial charge in [-0.25, -0.2) is 0 Å². The van der Waals surface area contributed by atoms with E-state index in [9.17, 15) is 0 Å². The highest BCUT2D eigenvalue weighted by Gasteiger charge is 2.43. The molecule has 2 nitrogen and oxygen atoms in total. The van der Waals surface area contributed by atoms with Gasteiger partial charge in [0.2, 0.25) is 0 Å².